The van der Waals surface area contributed by atoms with Crippen molar-refractivity contribution in [2.75, 3.05) is 18.5 Å². The van der Waals surface area contributed by atoms with Crippen molar-refractivity contribution in [3.8, 4) is 11.5 Å². The number of anilines is 1. The van der Waals surface area contributed by atoms with Crippen molar-refractivity contribution in [2.24, 2.45) is 0 Å². The van der Waals surface area contributed by atoms with Crippen LogP contribution >= 0.6 is 11.6 Å². The van der Waals surface area contributed by atoms with Gasteiger partial charge < -0.3 is 19.5 Å². The van der Waals surface area contributed by atoms with Gasteiger partial charge in [0.05, 0.1) is 24.5 Å². The number of nitrogens with zero attached hydrogens (tertiary/aromatic N) is 3. The standard InChI is InChI=1S/C29H27ClN4O4/c1-3-36-24-16-21(12-15-23(24)38-17-19-10-13-22(30)14-11-19)27-25(28(35)37-4-2)26(20-8-6-5-7-9-20)33-29-31-18-32-34(27)29/h5-16,18,27H,3-4,17H2,1-2H3,(H,31,32,33)/t27-/m1/s1. The second-order valence-electron chi connectivity index (χ2n) is 8.49. The van der Waals surface area contributed by atoms with E-state index in [1.807, 2.05) is 79.7 Å². The number of benzene rings is 3. The minimum absolute atomic E-state index is 0.239. The topological polar surface area (TPSA) is 87.5 Å². The van der Waals surface area contributed by atoms with E-state index in [0.29, 0.717) is 47.0 Å². The Hall–Kier alpha value is -4.30. The van der Waals surface area contributed by atoms with Gasteiger partial charge in [0, 0.05) is 5.02 Å². The first kappa shape index (κ1) is 25.4. The number of esters is 1. The van der Waals surface area contributed by atoms with Crippen LogP contribution in [0.15, 0.2) is 84.7 Å². The Balaban J connectivity index is 1.58. The van der Waals surface area contributed by atoms with Crippen molar-refractivity contribution in [3.63, 3.8) is 0 Å². The van der Waals surface area contributed by atoms with Crippen molar-refractivity contribution >= 4 is 29.2 Å². The quantitative estimate of drug-likeness (QED) is 0.270. The molecule has 1 aromatic heterocycles. The van der Waals surface area contributed by atoms with Crippen LogP contribution in [0.4, 0.5) is 5.95 Å². The first-order valence-corrected chi connectivity index (χ1v) is 12.7. The van der Waals surface area contributed by atoms with Crippen LogP contribution in [-0.4, -0.2) is 33.9 Å². The van der Waals surface area contributed by atoms with Gasteiger partial charge in [-0.05, 0) is 54.8 Å². The number of carbonyl (C=O) groups is 1. The van der Waals surface area contributed by atoms with Crippen LogP contribution in [0.25, 0.3) is 5.70 Å². The van der Waals surface area contributed by atoms with E-state index in [-0.39, 0.29) is 6.61 Å². The van der Waals surface area contributed by atoms with Gasteiger partial charge in [0.25, 0.3) is 0 Å². The molecule has 5 rings (SSSR count). The maximum Gasteiger partial charge on any atom is 0.338 e. The molecule has 0 radical (unpaired) electrons. The van der Waals surface area contributed by atoms with Crippen LogP contribution in [0.3, 0.4) is 0 Å². The molecule has 0 fully saturated rings. The van der Waals surface area contributed by atoms with Crippen LogP contribution < -0.4 is 14.8 Å². The molecule has 0 saturated heterocycles. The molecule has 4 aromatic rings. The summed E-state index contributed by atoms with van der Waals surface area (Å²) in [5.74, 6) is 1.22. The normalized spacial score (nSPS) is 14.4. The van der Waals surface area contributed by atoms with Gasteiger partial charge in [-0.25, -0.2) is 9.48 Å². The number of ether oxygens (including phenoxy) is 3. The molecule has 9 heteroatoms. The summed E-state index contributed by atoms with van der Waals surface area (Å²) in [5, 5.41) is 8.38. The lowest BCUT2D eigenvalue weighted by Gasteiger charge is -2.30. The molecule has 2 heterocycles. The van der Waals surface area contributed by atoms with E-state index in [0.717, 1.165) is 16.7 Å². The highest BCUT2D eigenvalue weighted by Crippen LogP contribution is 2.41. The minimum Gasteiger partial charge on any atom is -0.490 e. The van der Waals surface area contributed by atoms with Crippen molar-refractivity contribution in [2.45, 2.75) is 26.5 Å². The number of fused-ring (bicyclic) bond motifs is 1. The zero-order valence-electron chi connectivity index (χ0n) is 21.1. The molecule has 1 atom stereocenters. The number of aromatic nitrogens is 3. The summed E-state index contributed by atoms with van der Waals surface area (Å²) in [6.45, 7) is 4.73. The summed E-state index contributed by atoms with van der Waals surface area (Å²) >= 11 is 6.00. The fourth-order valence-corrected chi connectivity index (χ4v) is 4.48. The first-order valence-electron chi connectivity index (χ1n) is 12.4. The van der Waals surface area contributed by atoms with Crippen LogP contribution in [0.2, 0.25) is 5.02 Å². The molecular weight excluding hydrogens is 504 g/mol. The molecule has 38 heavy (non-hydrogen) atoms. The van der Waals surface area contributed by atoms with E-state index in [4.69, 9.17) is 25.8 Å². The second kappa shape index (κ2) is 11.4. The largest absolute Gasteiger partial charge is 0.490 e. The second-order valence-corrected chi connectivity index (χ2v) is 8.92. The number of halogens is 1. The predicted octanol–water partition coefficient (Wildman–Crippen LogP) is 5.90. The lowest BCUT2D eigenvalue weighted by Crippen LogP contribution is -2.30. The van der Waals surface area contributed by atoms with Gasteiger partial charge in [-0.2, -0.15) is 10.1 Å². The van der Waals surface area contributed by atoms with Crippen LogP contribution in [0.1, 0.15) is 36.6 Å². The van der Waals surface area contributed by atoms with Crippen molar-refractivity contribution in [3.05, 3.63) is 106 Å². The zero-order valence-corrected chi connectivity index (χ0v) is 21.8. The molecule has 0 saturated carbocycles. The van der Waals surface area contributed by atoms with E-state index < -0.39 is 12.0 Å². The highest BCUT2D eigenvalue weighted by atomic mass is 35.5. The third-order valence-corrected chi connectivity index (χ3v) is 6.30. The molecule has 1 aliphatic rings. The Kier molecular flexibility index (Phi) is 7.60. The Morgan fingerprint density at radius 1 is 0.974 bits per heavy atom. The highest BCUT2D eigenvalue weighted by molar-refractivity contribution is 6.30. The maximum atomic E-state index is 13.4. The van der Waals surface area contributed by atoms with Gasteiger partial charge in [0.2, 0.25) is 5.95 Å². The summed E-state index contributed by atoms with van der Waals surface area (Å²) in [5.41, 5.74) is 3.63. The highest BCUT2D eigenvalue weighted by Gasteiger charge is 2.36. The minimum atomic E-state index is -0.604. The zero-order chi connectivity index (χ0) is 26.5. The number of hydrogen-bond acceptors (Lipinski definition) is 7. The molecule has 0 unspecified atom stereocenters. The third kappa shape index (κ3) is 5.21. The summed E-state index contributed by atoms with van der Waals surface area (Å²) in [7, 11) is 0. The van der Waals surface area contributed by atoms with Gasteiger partial charge in [0.1, 0.15) is 19.0 Å². The van der Waals surface area contributed by atoms with E-state index in [9.17, 15) is 4.79 Å². The fourth-order valence-electron chi connectivity index (χ4n) is 4.35. The molecule has 1 N–H and O–H groups in total. The van der Waals surface area contributed by atoms with Crippen molar-refractivity contribution in [1.82, 2.24) is 14.8 Å². The van der Waals surface area contributed by atoms with Gasteiger partial charge in [-0.1, -0.05) is 60.1 Å². The Labute approximate surface area is 225 Å². The number of hydrogen-bond donors (Lipinski definition) is 1. The Morgan fingerprint density at radius 3 is 2.50 bits per heavy atom. The molecular formula is C29H27ClN4O4. The summed E-state index contributed by atoms with van der Waals surface area (Å²) in [6.07, 6.45) is 1.46. The fraction of sp³-hybridized carbons (Fsp3) is 0.207. The number of carbonyl (C=O) groups excluding carboxylic acids is 1. The van der Waals surface area contributed by atoms with Gasteiger partial charge in [0.15, 0.2) is 11.5 Å². The summed E-state index contributed by atoms with van der Waals surface area (Å²) in [4.78, 5) is 17.8. The maximum absolute atomic E-state index is 13.4. The van der Waals surface area contributed by atoms with Gasteiger partial charge >= 0.3 is 5.97 Å². The molecule has 1 aliphatic heterocycles. The Bertz CT molecular complexity index is 1450. The van der Waals surface area contributed by atoms with E-state index in [1.54, 1.807) is 11.6 Å². The average molecular weight is 531 g/mol. The van der Waals surface area contributed by atoms with E-state index in [1.165, 1.54) is 6.33 Å². The van der Waals surface area contributed by atoms with E-state index in [2.05, 4.69) is 15.4 Å². The average Bonchev–Trinajstić information content (AvgIpc) is 3.41. The number of rotatable bonds is 9. The third-order valence-electron chi connectivity index (χ3n) is 6.05. The van der Waals surface area contributed by atoms with Gasteiger partial charge in [-0.15, -0.1) is 0 Å². The molecule has 0 bridgehead atoms. The molecule has 0 amide bonds. The Morgan fingerprint density at radius 2 is 1.76 bits per heavy atom. The lowest BCUT2D eigenvalue weighted by molar-refractivity contribution is -0.138. The number of nitrogens with one attached hydrogen (secondary N) is 1. The van der Waals surface area contributed by atoms with Crippen LogP contribution in [-0.2, 0) is 16.1 Å². The summed E-state index contributed by atoms with van der Waals surface area (Å²) in [6, 6.07) is 22.1. The molecule has 194 valence electrons. The molecule has 0 spiro atoms. The van der Waals surface area contributed by atoms with Crippen molar-refractivity contribution < 1.29 is 19.0 Å². The van der Waals surface area contributed by atoms with Crippen LogP contribution in [0, 0.1) is 0 Å². The first-order chi connectivity index (χ1) is 18.6. The molecule has 0 aliphatic carbocycles. The van der Waals surface area contributed by atoms with Crippen molar-refractivity contribution in [1.29, 1.82) is 0 Å². The SMILES string of the molecule is CCOC(=O)C1=C(c2ccccc2)Nc2ncnn2[C@@H]1c1ccc(OCc2ccc(Cl)cc2)c(OCC)c1. The lowest BCUT2D eigenvalue weighted by atomic mass is 9.92. The monoisotopic (exact) mass is 530 g/mol. The summed E-state index contributed by atoms with van der Waals surface area (Å²) < 4.78 is 19.2. The smallest absolute Gasteiger partial charge is 0.338 e. The van der Waals surface area contributed by atoms with Crippen LogP contribution in [0.5, 0.6) is 11.5 Å². The predicted molar refractivity (Wildman–Crippen MR) is 145 cm³/mol. The molecule has 3 aromatic carbocycles. The van der Waals surface area contributed by atoms with E-state index >= 15 is 0 Å². The van der Waals surface area contributed by atoms with Gasteiger partial charge in [-0.3, -0.25) is 0 Å². The molecule has 8 nitrogen and oxygen atoms in total.